The number of aliphatic carboxylic acids is 1. The summed E-state index contributed by atoms with van der Waals surface area (Å²) < 4.78 is 11.0. The monoisotopic (exact) mass is 273 g/mol. The van der Waals surface area contributed by atoms with Crippen LogP contribution in [0.1, 0.15) is 11.6 Å². The van der Waals surface area contributed by atoms with Crippen LogP contribution in [-0.2, 0) is 4.79 Å². The molecule has 0 bridgehead atoms. The number of hydrogen-bond donors (Lipinski definition) is 2. The van der Waals surface area contributed by atoms with E-state index in [1.807, 2.05) is 0 Å². The van der Waals surface area contributed by atoms with Gasteiger partial charge in [0.2, 0.25) is 6.79 Å². The molecule has 6 heteroatoms. The lowest BCUT2D eigenvalue weighted by Gasteiger charge is -2.08. The van der Waals surface area contributed by atoms with Crippen molar-refractivity contribution in [2.75, 3.05) is 6.79 Å². The molecule has 1 aliphatic rings. The molecule has 5 nitrogen and oxygen atoms in total. The second kappa shape index (κ2) is 3.71. The third-order valence-electron chi connectivity index (χ3n) is 2.07. The van der Waals surface area contributed by atoms with Gasteiger partial charge in [0.15, 0.2) is 11.5 Å². The van der Waals surface area contributed by atoms with E-state index in [2.05, 4.69) is 15.9 Å². The van der Waals surface area contributed by atoms with Crippen LogP contribution in [-0.4, -0.2) is 17.9 Å². The number of benzene rings is 1. The lowest BCUT2D eigenvalue weighted by molar-refractivity contribution is -0.138. The van der Waals surface area contributed by atoms with E-state index >= 15 is 0 Å². The molecule has 0 spiro atoms. The van der Waals surface area contributed by atoms with Crippen LogP contribution in [0.25, 0.3) is 0 Å². The fourth-order valence-electron chi connectivity index (χ4n) is 1.31. The van der Waals surface area contributed by atoms with Crippen molar-refractivity contribution in [1.29, 1.82) is 0 Å². The van der Waals surface area contributed by atoms with E-state index in [1.165, 1.54) is 0 Å². The van der Waals surface area contributed by atoms with Crippen molar-refractivity contribution in [2.45, 2.75) is 6.04 Å². The van der Waals surface area contributed by atoms with Crippen LogP contribution >= 0.6 is 15.9 Å². The van der Waals surface area contributed by atoms with Gasteiger partial charge < -0.3 is 20.3 Å². The van der Waals surface area contributed by atoms with Gasteiger partial charge in [0, 0.05) is 0 Å². The smallest absolute Gasteiger partial charge is 0.325 e. The molecule has 0 aromatic heterocycles. The first-order chi connectivity index (χ1) is 7.09. The first-order valence-corrected chi connectivity index (χ1v) is 4.96. The Balaban J connectivity index is 2.43. The van der Waals surface area contributed by atoms with Gasteiger partial charge in [-0.05, 0) is 33.6 Å². The molecule has 1 aromatic rings. The standard InChI is InChI=1S/C9H8BrNO4/c10-5-1-4(7(11)9(12)13)2-6-8(5)15-3-14-6/h1-2,7H,3,11H2,(H,12,13). The second-order valence-corrected chi connectivity index (χ2v) is 3.91. The summed E-state index contributed by atoms with van der Waals surface area (Å²) in [5.74, 6) is 0.00757. The number of carbonyl (C=O) groups is 1. The summed E-state index contributed by atoms with van der Waals surface area (Å²) in [7, 11) is 0. The quantitative estimate of drug-likeness (QED) is 0.848. The number of fused-ring (bicyclic) bond motifs is 1. The molecule has 3 N–H and O–H groups in total. The Morgan fingerprint density at radius 3 is 2.93 bits per heavy atom. The number of ether oxygens (including phenoxy) is 2. The first-order valence-electron chi connectivity index (χ1n) is 4.17. The third-order valence-corrected chi connectivity index (χ3v) is 2.66. The number of carboxylic acid groups (broad SMARTS) is 1. The van der Waals surface area contributed by atoms with E-state index < -0.39 is 12.0 Å². The Kier molecular flexibility index (Phi) is 2.54. The molecular formula is C9H8BrNO4. The highest BCUT2D eigenvalue weighted by Gasteiger charge is 2.22. The van der Waals surface area contributed by atoms with Gasteiger partial charge >= 0.3 is 5.97 Å². The summed E-state index contributed by atoms with van der Waals surface area (Å²) in [6.07, 6.45) is 0. The summed E-state index contributed by atoms with van der Waals surface area (Å²) in [5, 5.41) is 8.76. The lowest BCUT2D eigenvalue weighted by atomic mass is 10.1. The predicted octanol–water partition coefficient (Wildman–Crippen LogP) is 1.26. The van der Waals surface area contributed by atoms with Gasteiger partial charge in [-0.1, -0.05) is 0 Å². The highest BCUT2D eigenvalue weighted by molar-refractivity contribution is 9.10. The molecule has 1 aromatic carbocycles. The van der Waals surface area contributed by atoms with Crippen molar-refractivity contribution in [1.82, 2.24) is 0 Å². The summed E-state index contributed by atoms with van der Waals surface area (Å²) in [6, 6.07) is 2.13. The molecule has 15 heavy (non-hydrogen) atoms. The summed E-state index contributed by atoms with van der Waals surface area (Å²) in [6.45, 7) is 0.139. The minimum Gasteiger partial charge on any atom is -0.480 e. The SMILES string of the molecule is NC(C(=O)O)c1cc(Br)c2c(c1)OCO2. The number of carboxylic acids is 1. The van der Waals surface area contributed by atoms with Gasteiger partial charge in [-0.25, -0.2) is 0 Å². The van der Waals surface area contributed by atoms with Gasteiger partial charge in [0.25, 0.3) is 0 Å². The highest BCUT2D eigenvalue weighted by atomic mass is 79.9. The molecule has 0 saturated carbocycles. The van der Waals surface area contributed by atoms with Crippen molar-refractivity contribution < 1.29 is 19.4 Å². The average Bonchev–Trinajstić information content (AvgIpc) is 2.64. The Hall–Kier alpha value is -1.27. The van der Waals surface area contributed by atoms with Crippen LogP contribution in [0.4, 0.5) is 0 Å². The van der Waals surface area contributed by atoms with Crippen LogP contribution < -0.4 is 15.2 Å². The fourth-order valence-corrected chi connectivity index (χ4v) is 1.88. The number of rotatable bonds is 2. The Labute approximate surface area is 93.9 Å². The van der Waals surface area contributed by atoms with Crippen molar-refractivity contribution in [3.05, 3.63) is 22.2 Å². The van der Waals surface area contributed by atoms with E-state index in [4.69, 9.17) is 20.3 Å². The first kappa shape index (κ1) is 10.3. The molecule has 1 heterocycles. The van der Waals surface area contributed by atoms with Crippen molar-refractivity contribution in [3.63, 3.8) is 0 Å². The minimum absolute atomic E-state index is 0.139. The van der Waals surface area contributed by atoms with Crippen LogP contribution in [0.3, 0.4) is 0 Å². The zero-order chi connectivity index (χ0) is 11.0. The lowest BCUT2D eigenvalue weighted by Crippen LogP contribution is -2.20. The minimum atomic E-state index is -1.08. The van der Waals surface area contributed by atoms with Gasteiger partial charge in [-0.3, -0.25) is 4.79 Å². The van der Waals surface area contributed by atoms with E-state index in [0.29, 0.717) is 21.5 Å². The maximum Gasteiger partial charge on any atom is 0.325 e. The summed E-state index contributed by atoms with van der Waals surface area (Å²) >= 11 is 3.26. The number of nitrogens with two attached hydrogens (primary N) is 1. The van der Waals surface area contributed by atoms with Gasteiger partial charge in [-0.2, -0.15) is 0 Å². The third kappa shape index (κ3) is 1.78. The summed E-state index contributed by atoms with van der Waals surface area (Å²) in [5.41, 5.74) is 5.95. The van der Waals surface area contributed by atoms with Crippen LogP contribution in [0.15, 0.2) is 16.6 Å². The summed E-state index contributed by atoms with van der Waals surface area (Å²) in [4.78, 5) is 10.7. The number of halogens is 1. The molecular weight excluding hydrogens is 266 g/mol. The Bertz CT molecular complexity index is 421. The second-order valence-electron chi connectivity index (χ2n) is 3.05. The Morgan fingerprint density at radius 2 is 2.27 bits per heavy atom. The maximum atomic E-state index is 10.7. The molecule has 1 atom stereocenters. The molecule has 0 radical (unpaired) electrons. The van der Waals surface area contributed by atoms with Gasteiger partial charge in [0.05, 0.1) is 4.47 Å². The van der Waals surface area contributed by atoms with Crippen molar-refractivity contribution in [2.24, 2.45) is 5.73 Å². The van der Waals surface area contributed by atoms with Crippen LogP contribution in [0.2, 0.25) is 0 Å². The zero-order valence-corrected chi connectivity index (χ0v) is 9.15. The average molecular weight is 274 g/mol. The maximum absolute atomic E-state index is 10.7. The van der Waals surface area contributed by atoms with E-state index in [9.17, 15) is 4.79 Å². The van der Waals surface area contributed by atoms with Crippen molar-refractivity contribution >= 4 is 21.9 Å². The highest BCUT2D eigenvalue weighted by Crippen LogP contribution is 2.40. The van der Waals surface area contributed by atoms with Gasteiger partial charge in [0.1, 0.15) is 6.04 Å². The molecule has 80 valence electrons. The van der Waals surface area contributed by atoms with E-state index in [1.54, 1.807) is 12.1 Å². The molecule has 0 aliphatic carbocycles. The Morgan fingerprint density at radius 1 is 1.53 bits per heavy atom. The van der Waals surface area contributed by atoms with Crippen LogP contribution in [0, 0.1) is 0 Å². The molecule has 0 amide bonds. The largest absolute Gasteiger partial charge is 0.480 e. The molecule has 0 fully saturated rings. The molecule has 1 unspecified atom stereocenters. The topological polar surface area (TPSA) is 81.8 Å². The van der Waals surface area contributed by atoms with Crippen LogP contribution in [0.5, 0.6) is 11.5 Å². The normalized spacial score (nSPS) is 15.1. The van der Waals surface area contributed by atoms with E-state index in [-0.39, 0.29) is 6.79 Å². The van der Waals surface area contributed by atoms with E-state index in [0.717, 1.165) is 0 Å². The number of hydrogen-bond acceptors (Lipinski definition) is 4. The molecule has 1 aliphatic heterocycles. The fraction of sp³-hybridized carbons (Fsp3) is 0.222. The predicted molar refractivity (Wildman–Crippen MR) is 54.8 cm³/mol. The zero-order valence-electron chi connectivity index (χ0n) is 7.57. The van der Waals surface area contributed by atoms with Crippen molar-refractivity contribution in [3.8, 4) is 11.5 Å². The van der Waals surface area contributed by atoms with Gasteiger partial charge in [-0.15, -0.1) is 0 Å². The molecule has 0 saturated heterocycles. The molecule has 2 rings (SSSR count).